The van der Waals surface area contributed by atoms with Gasteiger partial charge in [0, 0.05) is 23.1 Å². The molecule has 0 saturated carbocycles. The summed E-state index contributed by atoms with van der Waals surface area (Å²) in [7, 11) is 0. The van der Waals surface area contributed by atoms with Gasteiger partial charge in [-0.25, -0.2) is 14.4 Å². The van der Waals surface area contributed by atoms with E-state index in [1.54, 1.807) is 36.4 Å². The predicted octanol–water partition coefficient (Wildman–Crippen LogP) is 3.81. The van der Waals surface area contributed by atoms with E-state index in [0.717, 1.165) is 0 Å². The zero-order chi connectivity index (χ0) is 18.5. The number of anilines is 3. The van der Waals surface area contributed by atoms with Crippen LogP contribution in [0, 0.1) is 5.82 Å². The summed E-state index contributed by atoms with van der Waals surface area (Å²) in [6.07, 6.45) is 1.45. The first-order valence-electron chi connectivity index (χ1n) is 7.79. The summed E-state index contributed by atoms with van der Waals surface area (Å²) in [5, 5.41) is 5.61. The van der Waals surface area contributed by atoms with E-state index in [1.807, 2.05) is 0 Å². The first kappa shape index (κ1) is 17.2. The summed E-state index contributed by atoms with van der Waals surface area (Å²) >= 11 is 0. The van der Waals surface area contributed by atoms with Gasteiger partial charge in [-0.1, -0.05) is 0 Å². The Morgan fingerprint density at radius 2 is 1.58 bits per heavy atom. The zero-order valence-electron chi connectivity index (χ0n) is 13.9. The number of amides is 1. The van der Waals surface area contributed by atoms with Crippen molar-refractivity contribution in [3.05, 3.63) is 77.9 Å². The molecule has 0 fully saturated rings. The maximum atomic E-state index is 12.9. The third kappa shape index (κ3) is 4.27. The highest BCUT2D eigenvalue weighted by Crippen LogP contribution is 2.15. The van der Waals surface area contributed by atoms with E-state index in [4.69, 9.17) is 0 Å². The van der Waals surface area contributed by atoms with Crippen molar-refractivity contribution in [2.24, 2.45) is 0 Å². The Hall–Kier alpha value is -3.61. The standard InChI is InChI=1S/C19H15FN4O2/c1-12(25)13-2-6-15(7-3-13)22-18(26)17-10-11-21-19(24-17)23-16-8-4-14(20)5-9-16/h2-11H,1H3,(H,22,26)(H,21,23,24). The van der Waals surface area contributed by atoms with Crippen LogP contribution in [0.5, 0.6) is 0 Å². The maximum absolute atomic E-state index is 12.9. The molecule has 0 unspecified atom stereocenters. The molecule has 3 aromatic rings. The highest BCUT2D eigenvalue weighted by molar-refractivity contribution is 6.03. The molecular weight excluding hydrogens is 335 g/mol. The van der Waals surface area contributed by atoms with Crippen molar-refractivity contribution >= 4 is 29.0 Å². The summed E-state index contributed by atoms with van der Waals surface area (Å²) in [5.41, 5.74) is 1.88. The van der Waals surface area contributed by atoms with E-state index < -0.39 is 5.91 Å². The minimum Gasteiger partial charge on any atom is -0.324 e. The van der Waals surface area contributed by atoms with Gasteiger partial charge in [0.05, 0.1) is 0 Å². The Kier molecular flexibility index (Phi) is 4.98. The van der Waals surface area contributed by atoms with Crippen molar-refractivity contribution in [1.29, 1.82) is 0 Å². The summed E-state index contributed by atoms with van der Waals surface area (Å²) < 4.78 is 12.9. The van der Waals surface area contributed by atoms with Crippen LogP contribution < -0.4 is 10.6 Å². The number of aromatic nitrogens is 2. The number of nitrogens with zero attached hydrogens (tertiary/aromatic N) is 2. The molecule has 2 N–H and O–H groups in total. The van der Waals surface area contributed by atoms with Crippen LogP contribution in [0.3, 0.4) is 0 Å². The number of carbonyl (C=O) groups excluding carboxylic acids is 2. The van der Waals surface area contributed by atoms with E-state index in [2.05, 4.69) is 20.6 Å². The maximum Gasteiger partial charge on any atom is 0.274 e. The van der Waals surface area contributed by atoms with Crippen LogP contribution in [0.2, 0.25) is 0 Å². The first-order valence-corrected chi connectivity index (χ1v) is 7.79. The fourth-order valence-corrected chi connectivity index (χ4v) is 2.19. The number of halogens is 1. The molecule has 3 rings (SSSR count). The number of hydrogen-bond acceptors (Lipinski definition) is 5. The van der Waals surface area contributed by atoms with Gasteiger partial charge in [0.2, 0.25) is 5.95 Å². The van der Waals surface area contributed by atoms with Crippen LogP contribution in [0.1, 0.15) is 27.8 Å². The molecule has 1 amide bonds. The van der Waals surface area contributed by atoms with Gasteiger partial charge < -0.3 is 10.6 Å². The molecule has 130 valence electrons. The highest BCUT2D eigenvalue weighted by Gasteiger charge is 2.10. The molecule has 0 atom stereocenters. The minimum atomic E-state index is -0.412. The molecular formula is C19H15FN4O2. The smallest absolute Gasteiger partial charge is 0.274 e. The number of carbonyl (C=O) groups is 2. The molecule has 7 heteroatoms. The lowest BCUT2D eigenvalue weighted by Crippen LogP contribution is -2.14. The SMILES string of the molecule is CC(=O)c1ccc(NC(=O)c2ccnc(Nc3ccc(F)cc3)n2)cc1. The van der Waals surface area contributed by atoms with Crippen molar-refractivity contribution in [1.82, 2.24) is 9.97 Å². The first-order chi connectivity index (χ1) is 12.5. The van der Waals surface area contributed by atoms with E-state index in [0.29, 0.717) is 16.9 Å². The molecule has 1 heterocycles. The number of nitrogens with one attached hydrogen (secondary N) is 2. The van der Waals surface area contributed by atoms with Gasteiger partial charge in [0.25, 0.3) is 5.91 Å². The third-order valence-corrected chi connectivity index (χ3v) is 3.54. The van der Waals surface area contributed by atoms with E-state index in [1.165, 1.54) is 31.3 Å². The van der Waals surface area contributed by atoms with Gasteiger partial charge in [0.1, 0.15) is 11.5 Å². The van der Waals surface area contributed by atoms with Crippen molar-refractivity contribution in [3.63, 3.8) is 0 Å². The van der Waals surface area contributed by atoms with E-state index in [9.17, 15) is 14.0 Å². The molecule has 26 heavy (non-hydrogen) atoms. The van der Waals surface area contributed by atoms with Crippen molar-refractivity contribution < 1.29 is 14.0 Å². The van der Waals surface area contributed by atoms with Crippen LogP contribution in [-0.2, 0) is 0 Å². The van der Waals surface area contributed by atoms with Gasteiger partial charge in [-0.15, -0.1) is 0 Å². The highest BCUT2D eigenvalue weighted by atomic mass is 19.1. The van der Waals surface area contributed by atoms with Crippen LogP contribution in [0.15, 0.2) is 60.8 Å². The normalized spacial score (nSPS) is 10.2. The predicted molar refractivity (Wildman–Crippen MR) is 96.1 cm³/mol. The lowest BCUT2D eigenvalue weighted by atomic mass is 10.1. The Bertz CT molecular complexity index is 941. The Morgan fingerprint density at radius 1 is 0.923 bits per heavy atom. The molecule has 0 bridgehead atoms. The van der Waals surface area contributed by atoms with Gasteiger partial charge >= 0.3 is 0 Å². The van der Waals surface area contributed by atoms with Gasteiger partial charge in [-0.2, -0.15) is 0 Å². The van der Waals surface area contributed by atoms with Crippen LogP contribution in [0.4, 0.5) is 21.7 Å². The van der Waals surface area contributed by atoms with E-state index in [-0.39, 0.29) is 23.2 Å². The average molecular weight is 350 g/mol. The van der Waals surface area contributed by atoms with Crippen molar-refractivity contribution in [2.45, 2.75) is 6.92 Å². The molecule has 0 radical (unpaired) electrons. The zero-order valence-corrected chi connectivity index (χ0v) is 13.9. The van der Waals surface area contributed by atoms with Crippen molar-refractivity contribution in [2.75, 3.05) is 10.6 Å². The Labute approximate surface area is 149 Å². The average Bonchev–Trinajstić information content (AvgIpc) is 2.64. The second-order valence-electron chi connectivity index (χ2n) is 5.49. The molecule has 0 aliphatic carbocycles. The monoisotopic (exact) mass is 350 g/mol. The Balaban J connectivity index is 1.71. The minimum absolute atomic E-state index is 0.0461. The number of Topliss-reactive ketones (excluding diaryl/α,β-unsaturated/α-hetero) is 1. The molecule has 0 aliphatic rings. The number of benzene rings is 2. The molecule has 1 aromatic heterocycles. The summed E-state index contributed by atoms with van der Waals surface area (Å²) in [4.78, 5) is 31.8. The number of hydrogen-bond donors (Lipinski definition) is 2. The summed E-state index contributed by atoms with van der Waals surface area (Å²) in [6.45, 7) is 1.48. The lowest BCUT2D eigenvalue weighted by Gasteiger charge is -2.08. The Morgan fingerprint density at radius 3 is 2.23 bits per heavy atom. The second kappa shape index (κ2) is 7.52. The van der Waals surface area contributed by atoms with Gasteiger partial charge in [-0.3, -0.25) is 9.59 Å². The molecule has 2 aromatic carbocycles. The third-order valence-electron chi connectivity index (χ3n) is 3.54. The fourth-order valence-electron chi connectivity index (χ4n) is 2.19. The second-order valence-corrected chi connectivity index (χ2v) is 5.49. The quantitative estimate of drug-likeness (QED) is 0.684. The lowest BCUT2D eigenvalue weighted by molar-refractivity contribution is 0.101. The topological polar surface area (TPSA) is 84.0 Å². The van der Waals surface area contributed by atoms with Crippen LogP contribution in [-0.4, -0.2) is 21.7 Å². The van der Waals surface area contributed by atoms with Crippen LogP contribution >= 0.6 is 0 Å². The number of rotatable bonds is 5. The molecule has 0 aliphatic heterocycles. The molecule has 0 spiro atoms. The fraction of sp³-hybridized carbons (Fsp3) is 0.0526. The molecule has 0 saturated heterocycles. The van der Waals surface area contributed by atoms with Gasteiger partial charge in [-0.05, 0) is 61.5 Å². The van der Waals surface area contributed by atoms with Gasteiger partial charge in [0.15, 0.2) is 5.78 Å². The van der Waals surface area contributed by atoms with E-state index >= 15 is 0 Å². The summed E-state index contributed by atoms with van der Waals surface area (Å²) in [6, 6.07) is 13.8. The summed E-state index contributed by atoms with van der Waals surface area (Å²) in [5.74, 6) is -0.586. The molecule has 6 nitrogen and oxygen atoms in total. The van der Waals surface area contributed by atoms with Crippen molar-refractivity contribution in [3.8, 4) is 0 Å². The van der Waals surface area contributed by atoms with Crippen LogP contribution in [0.25, 0.3) is 0 Å². The largest absolute Gasteiger partial charge is 0.324 e. The number of ketones is 1.